The minimum atomic E-state index is -0.292. The third-order valence-electron chi connectivity index (χ3n) is 3.88. The predicted octanol–water partition coefficient (Wildman–Crippen LogP) is 2.83. The molecule has 0 saturated carbocycles. The molecule has 5 nitrogen and oxygen atoms in total. The van der Waals surface area contributed by atoms with E-state index in [1.165, 1.54) is 12.1 Å². The van der Waals surface area contributed by atoms with Crippen molar-refractivity contribution in [1.82, 2.24) is 9.88 Å². The Balaban J connectivity index is 1.77. The van der Waals surface area contributed by atoms with Gasteiger partial charge in [0.2, 0.25) is 5.88 Å². The van der Waals surface area contributed by atoms with Crippen LogP contribution in [0.5, 0.6) is 5.88 Å². The average Bonchev–Trinajstić information content (AvgIpc) is 2.63. The van der Waals surface area contributed by atoms with E-state index in [2.05, 4.69) is 4.98 Å². The molecule has 0 radical (unpaired) electrons. The first kappa shape index (κ1) is 16.4. The van der Waals surface area contributed by atoms with Crippen molar-refractivity contribution in [2.24, 2.45) is 0 Å². The number of carbonyl (C=O) groups excluding carboxylic acids is 1. The van der Waals surface area contributed by atoms with E-state index < -0.39 is 0 Å². The Morgan fingerprint density at radius 3 is 2.92 bits per heavy atom. The molecule has 2 aromatic rings. The first-order valence-electron chi connectivity index (χ1n) is 7.93. The van der Waals surface area contributed by atoms with Gasteiger partial charge in [-0.05, 0) is 36.8 Å². The molecule has 1 aromatic heterocycles. The SMILES string of the molecule is CCOc1ncccc1C(=O)N1CCO[C@H](c2ccc(F)cc2)C1. The van der Waals surface area contributed by atoms with E-state index in [4.69, 9.17) is 9.47 Å². The zero-order chi connectivity index (χ0) is 16.9. The topological polar surface area (TPSA) is 51.7 Å². The highest BCUT2D eigenvalue weighted by atomic mass is 19.1. The number of carbonyl (C=O) groups is 1. The normalized spacial score (nSPS) is 17.6. The van der Waals surface area contributed by atoms with Crippen LogP contribution < -0.4 is 4.74 Å². The van der Waals surface area contributed by atoms with Crippen molar-refractivity contribution >= 4 is 5.91 Å². The van der Waals surface area contributed by atoms with Crippen LogP contribution in [0.1, 0.15) is 28.9 Å². The quantitative estimate of drug-likeness (QED) is 0.865. The first-order chi connectivity index (χ1) is 11.7. The number of halogens is 1. The Morgan fingerprint density at radius 2 is 2.17 bits per heavy atom. The maximum absolute atomic E-state index is 13.1. The molecule has 0 spiro atoms. The Bertz CT molecular complexity index is 706. The number of nitrogens with zero attached hydrogens (tertiary/aromatic N) is 2. The summed E-state index contributed by atoms with van der Waals surface area (Å²) in [5.74, 6) is -0.0870. The zero-order valence-corrected chi connectivity index (χ0v) is 13.4. The van der Waals surface area contributed by atoms with Crippen LogP contribution in [0.3, 0.4) is 0 Å². The summed E-state index contributed by atoms with van der Waals surface area (Å²) in [7, 11) is 0. The smallest absolute Gasteiger partial charge is 0.259 e. The van der Waals surface area contributed by atoms with Crippen LogP contribution in [-0.2, 0) is 4.74 Å². The number of rotatable bonds is 4. The Labute approximate surface area is 140 Å². The van der Waals surface area contributed by atoms with Gasteiger partial charge in [-0.1, -0.05) is 12.1 Å². The van der Waals surface area contributed by atoms with Crippen molar-refractivity contribution in [3.8, 4) is 5.88 Å². The van der Waals surface area contributed by atoms with Crippen molar-refractivity contribution in [1.29, 1.82) is 0 Å². The second kappa shape index (κ2) is 7.40. The van der Waals surface area contributed by atoms with E-state index in [1.807, 2.05) is 6.92 Å². The standard InChI is InChI=1S/C18H19FN2O3/c1-2-23-17-15(4-3-9-20-17)18(22)21-10-11-24-16(12-21)13-5-7-14(19)8-6-13/h3-9,16H,2,10-12H2,1H3/t16-/m0/s1. The van der Waals surface area contributed by atoms with Gasteiger partial charge in [-0.15, -0.1) is 0 Å². The molecule has 24 heavy (non-hydrogen) atoms. The summed E-state index contributed by atoms with van der Waals surface area (Å²) in [5, 5.41) is 0. The number of hydrogen-bond donors (Lipinski definition) is 0. The molecule has 1 atom stereocenters. The molecule has 0 unspecified atom stereocenters. The maximum atomic E-state index is 13.1. The number of aromatic nitrogens is 1. The van der Waals surface area contributed by atoms with Crippen LogP contribution in [0.4, 0.5) is 4.39 Å². The van der Waals surface area contributed by atoms with Gasteiger partial charge in [-0.2, -0.15) is 0 Å². The van der Waals surface area contributed by atoms with Gasteiger partial charge in [-0.25, -0.2) is 9.37 Å². The molecule has 126 valence electrons. The van der Waals surface area contributed by atoms with E-state index in [0.717, 1.165) is 5.56 Å². The summed E-state index contributed by atoms with van der Waals surface area (Å²) in [5.41, 5.74) is 1.30. The molecule has 1 aliphatic heterocycles. The summed E-state index contributed by atoms with van der Waals surface area (Å²) < 4.78 is 24.2. The molecular weight excluding hydrogens is 311 g/mol. The number of pyridine rings is 1. The Morgan fingerprint density at radius 1 is 1.38 bits per heavy atom. The Hall–Kier alpha value is -2.47. The van der Waals surface area contributed by atoms with Crippen molar-refractivity contribution in [2.45, 2.75) is 13.0 Å². The third kappa shape index (κ3) is 3.54. The lowest BCUT2D eigenvalue weighted by molar-refractivity contribution is -0.0229. The number of morpholine rings is 1. The van der Waals surface area contributed by atoms with E-state index in [-0.39, 0.29) is 17.8 Å². The molecule has 3 rings (SSSR count). The average molecular weight is 330 g/mol. The molecule has 1 saturated heterocycles. The highest BCUT2D eigenvalue weighted by Gasteiger charge is 2.28. The fraction of sp³-hybridized carbons (Fsp3) is 0.333. The lowest BCUT2D eigenvalue weighted by Gasteiger charge is -2.33. The van der Waals surface area contributed by atoms with Gasteiger partial charge in [0, 0.05) is 12.7 Å². The number of ether oxygens (including phenoxy) is 2. The van der Waals surface area contributed by atoms with E-state index in [0.29, 0.717) is 37.7 Å². The van der Waals surface area contributed by atoms with Gasteiger partial charge < -0.3 is 14.4 Å². The van der Waals surface area contributed by atoms with Crippen molar-refractivity contribution in [2.75, 3.05) is 26.3 Å². The second-order valence-corrected chi connectivity index (χ2v) is 5.45. The lowest BCUT2D eigenvalue weighted by atomic mass is 10.1. The van der Waals surface area contributed by atoms with Crippen molar-refractivity contribution < 1.29 is 18.7 Å². The molecule has 1 amide bonds. The van der Waals surface area contributed by atoms with Crippen LogP contribution in [0.25, 0.3) is 0 Å². The molecule has 0 N–H and O–H groups in total. The molecule has 1 aliphatic rings. The Kier molecular flexibility index (Phi) is 5.05. The van der Waals surface area contributed by atoms with E-state index >= 15 is 0 Å². The van der Waals surface area contributed by atoms with Crippen LogP contribution in [0, 0.1) is 5.82 Å². The second-order valence-electron chi connectivity index (χ2n) is 5.45. The van der Waals surface area contributed by atoms with Gasteiger partial charge >= 0.3 is 0 Å². The van der Waals surface area contributed by atoms with Gasteiger partial charge in [0.25, 0.3) is 5.91 Å². The minimum Gasteiger partial charge on any atom is -0.477 e. The molecule has 2 heterocycles. The van der Waals surface area contributed by atoms with Crippen LogP contribution in [0.2, 0.25) is 0 Å². The largest absolute Gasteiger partial charge is 0.477 e. The van der Waals surface area contributed by atoms with Crippen molar-refractivity contribution in [3.63, 3.8) is 0 Å². The van der Waals surface area contributed by atoms with Crippen LogP contribution >= 0.6 is 0 Å². The monoisotopic (exact) mass is 330 g/mol. The van der Waals surface area contributed by atoms with E-state index in [1.54, 1.807) is 35.4 Å². The minimum absolute atomic E-state index is 0.137. The molecule has 0 bridgehead atoms. The van der Waals surface area contributed by atoms with E-state index in [9.17, 15) is 9.18 Å². The fourth-order valence-corrected chi connectivity index (χ4v) is 2.69. The van der Waals surface area contributed by atoms with Gasteiger partial charge in [0.1, 0.15) is 17.5 Å². The molecule has 0 aliphatic carbocycles. The fourth-order valence-electron chi connectivity index (χ4n) is 2.69. The lowest BCUT2D eigenvalue weighted by Crippen LogP contribution is -2.42. The summed E-state index contributed by atoms with van der Waals surface area (Å²) in [6, 6.07) is 9.59. The maximum Gasteiger partial charge on any atom is 0.259 e. The first-order valence-corrected chi connectivity index (χ1v) is 7.93. The number of hydrogen-bond acceptors (Lipinski definition) is 4. The van der Waals surface area contributed by atoms with Crippen LogP contribution in [0.15, 0.2) is 42.6 Å². The predicted molar refractivity (Wildman–Crippen MR) is 86.4 cm³/mol. The van der Waals surface area contributed by atoms with Crippen LogP contribution in [-0.4, -0.2) is 42.1 Å². The highest BCUT2D eigenvalue weighted by Crippen LogP contribution is 2.25. The van der Waals surface area contributed by atoms with Crippen molar-refractivity contribution in [3.05, 3.63) is 59.5 Å². The van der Waals surface area contributed by atoms with Gasteiger partial charge in [-0.3, -0.25) is 4.79 Å². The summed E-state index contributed by atoms with van der Waals surface area (Å²) >= 11 is 0. The summed E-state index contributed by atoms with van der Waals surface area (Å²) in [4.78, 5) is 18.7. The van der Waals surface area contributed by atoms with Gasteiger partial charge in [0.15, 0.2) is 0 Å². The highest BCUT2D eigenvalue weighted by molar-refractivity contribution is 5.96. The zero-order valence-electron chi connectivity index (χ0n) is 13.4. The summed E-state index contributed by atoms with van der Waals surface area (Å²) in [6.45, 7) is 3.63. The molecule has 1 aromatic carbocycles. The molecular formula is C18H19FN2O3. The summed E-state index contributed by atoms with van der Waals surface area (Å²) in [6.07, 6.45) is 1.33. The number of benzene rings is 1. The molecule has 6 heteroatoms. The van der Waals surface area contributed by atoms with Gasteiger partial charge in [0.05, 0.1) is 19.8 Å². The third-order valence-corrected chi connectivity index (χ3v) is 3.88. The molecule has 1 fully saturated rings. The number of amides is 1.